The van der Waals surface area contributed by atoms with Crippen LogP contribution in [0.5, 0.6) is 0 Å². The Morgan fingerprint density at radius 2 is 2.12 bits per heavy atom. The number of hydrogen-bond acceptors (Lipinski definition) is 2. The molecule has 0 aliphatic rings. The van der Waals surface area contributed by atoms with Gasteiger partial charge in [-0.3, -0.25) is 0 Å². The summed E-state index contributed by atoms with van der Waals surface area (Å²) in [7, 11) is 0. The predicted molar refractivity (Wildman–Crippen MR) is 59.6 cm³/mol. The van der Waals surface area contributed by atoms with Gasteiger partial charge in [-0.25, -0.2) is 4.98 Å². The summed E-state index contributed by atoms with van der Waals surface area (Å²) in [6.07, 6.45) is -1.21. The molecule has 0 aliphatic heterocycles. The Balaban J connectivity index is 2.25. The maximum Gasteiger partial charge on any atom is 0.389 e. The number of aromatic nitrogens is 2. The van der Waals surface area contributed by atoms with Crippen LogP contribution in [0.3, 0.4) is 0 Å². The normalized spacial score (nSPS) is 12.4. The van der Waals surface area contributed by atoms with Gasteiger partial charge in [0.25, 0.3) is 0 Å². The van der Waals surface area contributed by atoms with E-state index in [4.69, 9.17) is 0 Å². The number of alkyl halides is 3. The summed E-state index contributed by atoms with van der Waals surface area (Å²) in [4.78, 5) is 4.02. The Bertz CT molecular complexity index is 331. The summed E-state index contributed by atoms with van der Waals surface area (Å²) >= 11 is 0. The van der Waals surface area contributed by atoms with Crippen LogP contribution in [0.2, 0.25) is 0 Å². The van der Waals surface area contributed by atoms with Crippen LogP contribution in [0.25, 0.3) is 0 Å². The minimum absolute atomic E-state index is 0.110. The zero-order chi connectivity index (χ0) is 12.9. The van der Waals surface area contributed by atoms with E-state index >= 15 is 0 Å². The molecule has 0 saturated carbocycles. The third-order valence-corrected chi connectivity index (χ3v) is 2.42. The number of nitrogens with one attached hydrogen (secondary N) is 1. The van der Waals surface area contributed by atoms with Crippen LogP contribution in [0.4, 0.5) is 13.2 Å². The van der Waals surface area contributed by atoms with Crippen LogP contribution < -0.4 is 5.32 Å². The number of hydrogen-bond donors (Lipinski definition) is 1. The molecule has 0 spiro atoms. The molecule has 0 saturated heterocycles. The lowest BCUT2D eigenvalue weighted by Crippen LogP contribution is -2.19. The largest absolute Gasteiger partial charge is 0.389 e. The Morgan fingerprint density at radius 3 is 2.71 bits per heavy atom. The Morgan fingerprint density at radius 1 is 1.41 bits per heavy atom. The molecule has 0 fully saturated rings. The van der Waals surface area contributed by atoms with Crippen molar-refractivity contribution in [1.29, 1.82) is 0 Å². The van der Waals surface area contributed by atoms with Gasteiger partial charge in [0, 0.05) is 25.2 Å². The van der Waals surface area contributed by atoms with Gasteiger partial charge >= 0.3 is 6.18 Å². The van der Waals surface area contributed by atoms with Gasteiger partial charge in [0.15, 0.2) is 0 Å². The molecule has 1 heterocycles. The van der Waals surface area contributed by atoms with Gasteiger partial charge in [-0.1, -0.05) is 0 Å². The minimum atomic E-state index is -4.05. The van der Waals surface area contributed by atoms with Crippen molar-refractivity contribution in [2.45, 2.75) is 45.5 Å². The summed E-state index contributed by atoms with van der Waals surface area (Å²) in [6.45, 7) is 4.99. The summed E-state index contributed by atoms with van der Waals surface area (Å²) < 4.78 is 37.6. The van der Waals surface area contributed by atoms with Gasteiger partial charge in [-0.15, -0.1) is 0 Å². The van der Waals surface area contributed by atoms with E-state index in [1.165, 1.54) is 0 Å². The van der Waals surface area contributed by atoms with Crippen molar-refractivity contribution in [1.82, 2.24) is 14.9 Å². The van der Waals surface area contributed by atoms with Crippen LogP contribution in [0.15, 0.2) is 12.5 Å². The second kappa shape index (κ2) is 6.05. The first kappa shape index (κ1) is 14.0. The molecule has 1 aromatic rings. The standard InChI is InChI=1S/C11H18F3N3/c1-9(2)17-8-16-7-10(17)6-15-5-3-4-11(12,13)14/h7-9,15H,3-6H2,1-2H3. The van der Waals surface area contributed by atoms with Crippen molar-refractivity contribution in [2.24, 2.45) is 0 Å². The molecule has 0 bridgehead atoms. The molecule has 0 radical (unpaired) electrons. The fourth-order valence-electron chi connectivity index (χ4n) is 1.56. The highest BCUT2D eigenvalue weighted by atomic mass is 19.4. The van der Waals surface area contributed by atoms with Crippen molar-refractivity contribution in [3.8, 4) is 0 Å². The monoisotopic (exact) mass is 249 g/mol. The second-order valence-electron chi connectivity index (χ2n) is 4.28. The third kappa shape index (κ3) is 5.21. The smallest absolute Gasteiger partial charge is 0.331 e. The van der Waals surface area contributed by atoms with Crippen molar-refractivity contribution in [2.75, 3.05) is 6.54 Å². The lowest BCUT2D eigenvalue weighted by molar-refractivity contribution is -0.135. The second-order valence-corrected chi connectivity index (χ2v) is 4.28. The molecule has 1 N–H and O–H groups in total. The highest BCUT2D eigenvalue weighted by molar-refractivity contribution is 4.99. The lowest BCUT2D eigenvalue weighted by Gasteiger charge is -2.12. The first-order valence-electron chi connectivity index (χ1n) is 5.68. The van der Waals surface area contributed by atoms with E-state index in [9.17, 15) is 13.2 Å². The summed E-state index contributed by atoms with van der Waals surface area (Å²) in [5.74, 6) is 0. The number of rotatable bonds is 6. The van der Waals surface area contributed by atoms with Crippen molar-refractivity contribution in [3.05, 3.63) is 18.2 Å². The quantitative estimate of drug-likeness (QED) is 0.786. The van der Waals surface area contributed by atoms with Crippen LogP contribution >= 0.6 is 0 Å². The minimum Gasteiger partial charge on any atom is -0.331 e. The average molecular weight is 249 g/mol. The van der Waals surface area contributed by atoms with Gasteiger partial charge in [-0.05, 0) is 26.8 Å². The van der Waals surface area contributed by atoms with Crippen molar-refractivity contribution in [3.63, 3.8) is 0 Å². The zero-order valence-electron chi connectivity index (χ0n) is 10.1. The molecule has 1 rings (SSSR count). The van der Waals surface area contributed by atoms with Crippen LogP contribution in [0, 0.1) is 0 Å². The van der Waals surface area contributed by atoms with E-state index in [1.807, 2.05) is 18.4 Å². The summed E-state index contributed by atoms with van der Waals surface area (Å²) in [5, 5.41) is 2.99. The molecule has 98 valence electrons. The average Bonchev–Trinajstić information content (AvgIpc) is 2.63. The molecular formula is C11H18F3N3. The number of nitrogens with zero attached hydrogens (tertiary/aromatic N) is 2. The van der Waals surface area contributed by atoms with Crippen LogP contribution in [-0.4, -0.2) is 22.3 Å². The first-order chi connectivity index (χ1) is 7.90. The van der Waals surface area contributed by atoms with Gasteiger partial charge in [-0.2, -0.15) is 13.2 Å². The first-order valence-corrected chi connectivity index (χ1v) is 5.68. The zero-order valence-corrected chi connectivity index (χ0v) is 10.1. The van der Waals surface area contributed by atoms with Gasteiger partial charge in [0.2, 0.25) is 0 Å². The number of halogens is 3. The molecule has 3 nitrogen and oxygen atoms in total. The van der Waals surface area contributed by atoms with E-state index in [2.05, 4.69) is 10.3 Å². The van der Waals surface area contributed by atoms with E-state index < -0.39 is 12.6 Å². The Hall–Kier alpha value is -1.04. The van der Waals surface area contributed by atoms with E-state index in [-0.39, 0.29) is 6.42 Å². The highest BCUT2D eigenvalue weighted by Gasteiger charge is 2.25. The summed E-state index contributed by atoms with van der Waals surface area (Å²) in [6, 6.07) is 0.310. The molecule has 17 heavy (non-hydrogen) atoms. The number of imidazole rings is 1. The molecule has 0 aliphatic carbocycles. The van der Waals surface area contributed by atoms with Gasteiger partial charge < -0.3 is 9.88 Å². The highest BCUT2D eigenvalue weighted by Crippen LogP contribution is 2.20. The fraction of sp³-hybridized carbons (Fsp3) is 0.727. The van der Waals surface area contributed by atoms with Gasteiger partial charge in [0.1, 0.15) is 0 Å². The maximum atomic E-state index is 11.9. The molecule has 0 aromatic carbocycles. The van der Waals surface area contributed by atoms with Crippen LogP contribution in [0.1, 0.15) is 38.4 Å². The lowest BCUT2D eigenvalue weighted by atomic mass is 10.3. The van der Waals surface area contributed by atoms with Crippen molar-refractivity contribution >= 4 is 0 Å². The van der Waals surface area contributed by atoms with E-state index in [0.29, 0.717) is 19.1 Å². The fourth-order valence-corrected chi connectivity index (χ4v) is 1.56. The predicted octanol–water partition coefficient (Wildman–Crippen LogP) is 2.90. The van der Waals surface area contributed by atoms with Gasteiger partial charge in [0.05, 0.1) is 12.0 Å². The van der Waals surface area contributed by atoms with Crippen LogP contribution in [-0.2, 0) is 6.54 Å². The molecule has 0 amide bonds. The third-order valence-electron chi connectivity index (χ3n) is 2.42. The maximum absolute atomic E-state index is 11.9. The Labute approximate surface area is 99.0 Å². The van der Waals surface area contributed by atoms with E-state index in [1.54, 1.807) is 12.5 Å². The molecular weight excluding hydrogens is 231 g/mol. The molecule has 1 aromatic heterocycles. The topological polar surface area (TPSA) is 29.9 Å². The molecule has 6 heteroatoms. The van der Waals surface area contributed by atoms with Crippen molar-refractivity contribution < 1.29 is 13.2 Å². The summed E-state index contributed by atoms with van der Waals surface area (Å²) in [5.41, 5.74) is 0.993. The molecule has 0 atom stereocenters. The SMILES string of the molecule is CC(C)n1cncc1CNCCCC(F)(F)F. The molecule has 0 unspecified atom stereocenters. The van der Waals surface area contributed by atoms with E-state index in [0.717, 1.165) is 5.69 Å². The Kier molecular flexibility index (Phi) is 4.99.